The summed E-state index contributed by atoms with van der Waals surface area (Å²) in [5, 5.41) is 0. The van der Waals surface area contributed by atoms with Gasteiger partial charge in [-0.3, -0.25) is 14.5 Å². The summed E-state index contributed by atoms with van der Waals surface area (Å²) in [4.78, 5) is 29.5. The molecule has 0 aliphatic carbocycles. The van der Waals surface area contributed by atoms with E-state index in [-0.39, 0.29) is 11.7 Å². The van der Waals surface area contributed by atoms with Crippen LogP contribution >= 0.6 is 0 Å². The van der Waals surface area contributed by atoms with E-state index in [1.54, 1.807) is 0 Å². The lowest BCUT2D eigenvalue weighted by molar-refractivity contribution is -0.135. The minimum absolute atomic E-state index is 0.174. The predicted molar refractivity (Wildman–Crippen MR) is 64.8 cm³/mol. The summed E-state index contributed by atoms with van der Waals surface area (Å²) < 4.78 is 0. The van der Waals surface area contributed by atoms with Crippen molar-refractivity contribution in [3.8, 4) is 0 Å². The number of hydrogen-bond acceptors (Lipinski definition) is 4. The number of hydrogen-bond donors (Lipinski definition) is 0. The zero-order valence-corrected chi connectivity index (χ0v) is 10.5. The Morgan fingerprint density at radius 1 is 1.18 bits per heavy atom. The number of nitrogens with zero attached hydrogens (tertiary/aromatic N) is 3. The van der Waals surface area contributed by atoms with E-state index in [4.69, 9.17) is 0 Å². The summed E-state index contributed by atoms with van der Waals surface area (Å²) in [6.07, 6.45) is 1.58. The van der Waals surface area contributed by atoms with Gasteiger partial charge in [-0.1, -0.05) is 0 Å². The van der Waals surface area contributed by atoms with E-state index in [9.17, 15) is 9.59 Å². The molecule has 0 aromatic heterocycles. The van der Waals surface area contributed by atoms with Crippen molar-refractivity contribution >= 4 is 11.7 Å². The maximum atomic E-state index is 12.0. The second-order valence-corrected chi connectivity index (χ2v) is 5.04. The zero-order chi connectivity index (χ0) is 12.3. The van der Waals surface area contributed by atoms with Gasteiger partial charge in [-0.15, -0.1) is 0 Å². The minimum atomic E-state index is 0.174. The Kier molecular flexibility index (Phi) is 4.12. The first-order valence-electron chi connectivity index (χ1n) is 6.35. The molecule has 0 atom stereocenters. The Bertz CT molecular complexity index is 298. The second-order valence-electron chi connectivity index (χ2n) is 5.04. The first-order valence-corrected chi connectivity index (χ1v) is 6.35. The fourth-order valence-electron chi connectivity index (χ4n) is 2.39. The summed E-state index contributed by atoms with van der Waals surface area (Å²) in [5.41, 5.74) is 0. The highest BCUT2D eigenvalue weighted by Gasteiger charge is 2.23. The van der Waals surface area contributed by atoms with Gasteiger partial charge in [0.05, 0.1) is 13.1 Å². The number of likely N-dealkylation sites (N-methyl/N-ethyl adjacent to an activating group) is 1. The van der Waals surface area contributed by atoms with Crippen molar-refractivity contribution in [1.82, 2.24) is 14.7 Å². The van der Waals surface area contributed by atoms with Gasteiger partial charge in [-0.05, 0) is 20.0 Å². The normalized spacial score (nSPS) is 24.1. The fraction of sp³-hybridized carbons (Fsp3) is 0.833. The molecule has 2 saturated heterocycles. The minimum Gasteiger partial charge on any atom is -0.339 e. The molecule has 2 fully saturated rings. The quantitative estimate of drug-likeness (QED) is 0.647. The van der Waals surface area contributed by atoms with Crippen LogP contribution in [0.2, 0.25) is 0 Å². The number of amides is 1. The third-order valence-corrected chi connectivity index (χ3v) is 3.54. The van der Waals surface area contributed by atoms with Gasteiger partial charge in [0.1, 0.15) is 5.78 Å². The molecule has 0 radical (unpaired) electrons. The van der Waals surface area contributed by atoms with Gasteiger partial charge in [0.2, 0.25) is 5.91 Å². The maximum Gasteiger partial charge on any atom is 0.236 e. The van der Waals surface area contributed by atoms with Crippen molar-refractivity contribution in [3.05, 3.63) is 0 Å². The topological polar surface area (TPSA) is 43.9 Å². The average molecular weight is 239 g/mol. The molecule has 0 N–H and O–H groups in total. The lowest BCUT2D eigenvalue weighted by atomic mass is 10.1. The van der Waals surface area contributed by atoms with Crippen LogP contribution in [0, 0.1) is 0 Å². The van der Waals surface area contributed by atoms with Crippen molar-refractivity contribution in [2.45, 2.75) is 12.8 Å². The van der Waals surface area contributed by atoms with Gasteiger partial charge >= 0.3 is 0 Å². The summed E-state index contributed by atoms with van der Waals surface area (Å²) >= 11 is 0. The second kappa shape index (κ2) is 5.60. The molecule has 1 amide bonds. The summed E-state index contributed by atoms with van der Waals surface area (Å²) in [6.45, 7) is 5.28. The predicted octanol–water partition coefficient (Wildman–Crippen LogP) is -0.575. The molecule has 0 aromatic carbocycles. The van der Waals surface area contributed by atoms with Gasteiger partial charge < -0.3 is 9.80 Å². The molecule has 0 unspecified atom stereocenters. The molecule has 0 bridgehead atoms. The molecular formula is C12H21N3O2. The SMILES string of the molecule is CN1CCN(C(=O)CN2CCCC(=O)C2)CC1. The zero-order valence-electron chi connectivity index (χ0n) is 10.5. The van der Waals surface area contributed by atoms with E-state index < -0.39 is 0 Å². The van der Waals surface area contributed by atoms with Crippen LogP contribution in [0.4, 0.5) is 0 Å². The highest BCUT2D eigenvalue weighted by atomic mass is 16.2. The van der Waals surface area contributed by atoms with Crippen LogP contribution in [-0.2, 0) is 9.59 Å². The summed E-state index contributed by atoms with van der Waals surface area (Å²) in [6, 6.07) is 0. The molecule has 5 nitrogen and oxygen atoms in total. The van der Waals surface area contributed by atoms with Crippen molar-refractivity contribution in [3.63, 3.8) is 0 Å². The molecule has 2 aliphatic heterocycles. The van der Waals surface area contributed by atoms with Crippen LogP contribution in [0.15, 0.2) is 0 Å². The average Bonchev–Trinajstić information content (AvgIpc) is 2.29. The largest absolute Gasteiger partial charge is 0.339 e. The molecule has 17 heavy (non-hydrogen) atoms. The van der Waals surface area contributed by atoms with Crippen LogP contribution in [0.3, 0.4) is 0 Å². The number of ketones is 1. The number of piperazine rings is 1. The van der Waals surface area contributed by atoms with E-state index in [0.29, 0.717) is 19.5 Å². The van der Waals surface area contributed by atoms with Crippen molar-refractivity contribution < 1.29 is 9.59 Å². The van der Waals surface area contributed by atoms with Crippen LogP contribution < -0.4 is 0 Å². The van der Waals surface area contributed by atoms with Gasteiger partial charge in [-0.2, -0.15) is 0 Å². The van der Waals surface area contributed by atoms with Gasteiger partial charge in [0.15, 0.2) is 0 Å². The molecule has 96 valence electrons. The van der Waals surface area contributed by atoms with Gasteiger partial charge in [0.25, 0.3) is 0 Å². The third-order valence-electron chi connectivity index (χ3n) is 3.54. The number of rotatable bonds is 2. The summed E-state index contributed by atoms with van der Waals surface area (Å²) in [5.74, 6) is 0.440. The van der Waals surface area contributed by atoms with Gasteiger partial charge in [-0.25, -0.2) is 0 Å². The molecule has 0 spiro atoms. The van der Waals surface area contributed by atoms with Crippen molar-refractivity contribution in [2.24, 2.45) is 0 Å². The number of carbonyl (C=O) groups excluding carboxylic acids is 2. The van der Waals surface area contributed by atoms with E-state index in [0.717, 1.165) is 39.1 Å². The Balaban J connectivity index is 1.78. The molecular weight excluding hydrogens is 218 g/mol. The number of Topliss-reactive ketones (excluding diaryl/α,β-unsaturated/α-hetero) is 1. The van der Waals surface area contributed by atoms with Crippen molar-refractivity contribution in [1.29, 1.82) is 0 Å². The maximum absolute atomic E-state index is 12.0. The first-order chi connectivity index (χ1) is 8.15. The Morgan fingerprint density at radius 2 is 1.88 bits per heavy atom. The lowest BCUT2D eigenvalue weighted by Crippen LogP contribution is -2.51. The van der Waals surface area contributed by atoms with Crippen molar-refractivity contribution in [2.75, 3.05) is 52.9 Å². The first kappa shape index (κ1) is 12.5. The fourth-order valence-corrected chi connectivity index (χ4v) is 2.39. The molecule has 2 heterocycles. The van der Waals surface area contributed by atoms with E-state index in [1.807, 2.05) is 9.80 Å². The monoisotopic (exact) mass is 239 g/mol. The molecule has 0 saturated carbocycles. The highest BCUT2D eigenvalue weighted by Crippen LogP contribution is 2.07. The lowest BCUT2D eigenvalue weighted by Gasteiger charge is -2.34. The third kappa shape index (κ3) is 3.51. The highest BCUT2D eigenvalue weighted by molar-refractivity contribution is 5.83. The smallest absolute Gasteiger partial charge is 0.236 e. The van der Waals surface area contributed by atoms with Gasteiger partial charge in [0, 0.05) is 32.6 Å². The molecule has 2 aliphatic rings. The van der Waals surface area contributed by atoms with Crippen LogP contribution in [-0.4, -0.2) is 79.3 Å². The summed E-state index contributed by atoms with van der Waals surface area (Å²) in [7, 11) is 2.07. The van der Waals surface area contributed by atoms with Crippen LogP contribution in [0.1, 0.15) is 12.8 Å². The Hall–Kier alpha value is -0.940. The Morgan fingerprint density at radius 3 is 2.53 bits per heavy atom. The molecule has 5 heteroatoms. The standard InChI is InChI=1S/C12H21N3O2/c1-13-5-7-15(8-6-13)12(17)10-14-4-2-3-11(16)9-14/h2-10H2,1H3. The van der Waals surface area contributed by atoms with Crippen LogP contribution in [0.25, 0.3) is 0 Å². The van der Waals surface area contributed by atoms with E-state index in [1.165, 1.54) is 0 Å². The van der Waals surface area contributed by atoms with E-state index >= 15 is 0 Å². The molecule has 2 rings (SSSR count). The molecule has 0 aromatic rings. The number of carbonyl (C=O) groups is 2. The number of likely N-dealkylation sites (tertiary alicyclic amines) is 1. The number of piperidine rings is 1. The van der Waals surface area contributed by atoms with E-state index in [2.05, 4.69) is 11.9 Å². The Labute approximate surface area is 102 Å². The van der Waals surface area contributed by atoms with Crippen LogP contribution in [0.5, 0.6) is 0 Å².